The maximum Gasteiger partial charge on any atom is 0.269 e. The van der Waals surface area contributed by atoms with Crippen LogP contribution in [0.2, 0.25) is 5.02 Å². The van der Waals surface area contributed by atoms with Gasteiger partial charge in [0.15, 0.2) is 6.61 Å². The molecule has 0 aliphatic heterocycles. The smallest absolute Gasteiger partial charge is 0.269 e. The molecule has 1 aromatic heterocycles. The first kappa shape index (κ1) is 16.8. The Labute approximate surface area is 153 Å². The predicted molar refractivity (Wildman–Crippen MR) is 90.4 cm³/mol. The second kappa shape index (κ2) is 5.98. The van der Waals surface area contributed by atoms with Crippen molar-refractivity contribution in [3.63, 3.8) is 0 Å². The molecule has 7 nitrogen and oxygen atoms in total. The average Bonchev–Trinajstić information content (AvgIpc) is 3.07. The summed E-state index contributed by atoms with van der Waals surface area (Å²) >= 11 is 5.60. The number of aromatic amines is 1. The van der Waals surface area contributed by atoms with Crippen molar-refractivity contribution in [3.8, 4) is 5.75 Å². The molecular formula is C17H16ClFN4O3. The minimum Gasteiger partial charge on any atom is -0.484 e. The van der Waals surface area contributed by atoms with Gasteiger partial charge in [-0.3, -0.25) is 14.7 Å². The number of hydrogen-bond donors (Lipinski definition) is 3. The maximum atomic E-state index is 13.3. The topological polar surface area (TPSA) is 96.1 Å². The van der Waals surface area contributed by atoms with E-state index in [4.69, 9.17) is 16.3 Å². The number of benzene rings is 1. The lowest BCUT2D eigenvalue weighted by molar-refractivity contribution is -0.141. The molecule has 9 heteroatoms. The summed E-state index contributed by atoms with van der Waals surface area (Å²) in [7, 11) is 0. The quantitative estimate of drug-likeness (QED) is 0.714. The molecule has 0 spiro atoms. The fourth-order valence-electron chi connectivity index (χ4n) is 3.79. The van der Waals surface area contributed by atoms with Gasteiger partial charge in [-0.25, -0.2) is 4.39 Å². The minimum atomic E-state index is -0.598. The first-order valence-electron chi connectivity index (χ1n) is 8.10. The molecule has 0 atom stereocenters. The molecule has 0 radical (unpaired) electrons. The Hall–Kier alpha value is -2.61. The van der Waals surface area contributed by atoms with Crippen LogP contribution in [0.3, 0.4) is 0 Å². The van der Waals surface area contributed by atoms with Crippen molar-refractivity contribution in [3.05, 3.63) is 47.0 Å². The van der Waals surface area contributed by atoms with Crippen molar-refractivity contribution in [1.29, 1.82) is 0 Å². The Balaban J connectivity index is 1.23. The molecule has 2 amide bonds. The summed E-state index contributed by atoms with van der Waals surface area (Å²) in [5.74, 6) is -0.842. The molecule has 5 rings (SSSR count). The van der Waals surface area contributed by atoms with Crippen molar-refractivity contribution < 1.29 is 18.7 Å². The molecule has 0 unspecified atom stereocenters. The fourth-order valence-corrected chi connectivity index (χ4v) is 3.91. The van der Waals surface area contributed by atoms with Gasteiger partial charge in [-0.1, -0.05) is 11.6 Å². The number of carbonyl (C=O) groups excluding carboxylic acids is 2. The summed E-state index contributed by atoms with van der Waals surface area (Å²) in [6.07, 6.45) is 3.56. The van der Waals surface area contributed by atoms with E-state index in [1.807, 2.05) is 0 Å². The SMILES string of the molecule is O=C(COc1ccc(Cl)c(F)c1)NC12CC(NC(=O)c3ccn[nH]3)(C1)C2. The Morgan fingerprint density at radius 3 is 2.62 bits per heavy atom. The van der Waals surface area contributed by atoms with Gasteiger partial charge < -0.3 is 15.4 Å². The third-order valence-electron chi connectivity index (χ3n) is 4.82. The number of ether oxygens (including phenoxy) is 1. The Kier molecular flexibility index (Phi) is 3.87. The molecular weight excluding hydrogens is 363 g/mol. The molecule has 3 N–H and O–H groups in total. The third-order valence-corrected chi connectivity index (χ3v) is 5.13. The van der Waals surface area contributed by atoms with Crippen LogP contribution >= 0.6 is 11.6 Å². The average molecular weight is 379 g/mol. The van der Waals surface area contributed by atoms with Crippen LogP contribution in [0.1, 0.15) is 29.8 Å². The van der Waals surface area contributed by atoms with E-state index in [9.17, 15) is 14.0 Å². The first-order chi connectivity index (χ1) is 12.4. The van der Waals surface area contributed by atoms with Crippen LogP contribution in [-0.4, -0.2) is 39.7 Å². The van der Waals surface area contributed by atoms with Gasteiger partial charge in [-0.2, -0.15) is 5.10 Å². The highest BCUT2D eigenvalue weighted by atomic mass is 35.5. The van der Waals surface area contributed by atoms with Crippen molar-refractivity contribution >= 4 is 23.4 Å². The Morgan fingerprint density at radius 1 is 1.23 bits per heavy atom. The number of amides is 2. The number of hydrogen-bond acceptors (Lipinski definition) is 4. The van der Waals surface area contributed by atoms with Gasteiger partial charge in [-0.05, 0) is 37.5 Å². The summed E-state index contributed by atoms with van der Waals surface area (Å²) in [5, 5.41) is 12.3. The molecule has 3 saturated carbocycles. The highest BCUT2D eigenvalue weighted by Gasteiger charge is 2.69. The van der Waals surface area contributed by atoms with Gasteiger partial charge in [0.1, 0.15) is 17.3 Å². The van der Waals surface area contributed by atoms with Crippen LogP contribution in [0.5, 0.6) is 5.75 Å². The largest absolute Gasteiger partial charge is 0.484 e. The summed E-state index contributed by atoms with van der Waals surface area (Å²) in [6.45, 7) is -0.212. The third kappa shape index (κ3) is 3.01. The van der Waals surface area contributed by atoms with Crippen LogP contribution in [0.25, 0.3) is 0 Å². The van der Waals surface area contributed by atoms with Crippen LogP contribution in [0.15, 0.2) is 30.5 Å². The minimum absolute atomic E-state index is 0.00172. The normalized spacial score (nSPS) is 25.6. The van der Waals surface area contributed by atoms with E-state index >= 15 is 0 Å². The van der Waals surface area contributed by atoms with Crippen LogP contribution in [0, 0.1) is 5.82 Å². The second-order valence-electron chi connectivity index (χ2n) is 6.93. The van der Waals surface area contributed by atoms with E-state index in [1.165, 1.54) is 18.3 Å². The van der Waals surface area contributed by atoms with Crippen LogP contribution in [-0.2, 0) is 4.79 Å². The van der Waals surface area contributed by atoms with E-state index in [-0.39, 0.29) is 40.3 Å². The van der Waals surface area contributed by atoms with Crippen molar-refractivity contribution in [1.82, 2.24) is 20.8 Å². The number of aromatic nitrogens is 2. The van der Waals surface area contributed by atoms with E-state index in [0.717, 1.165) is 6.07 Å². The number of nitrogens with zero attached hydrogens (tertiary/aromatic N) is 1. The maximum absolute atomic E-state index is 13.3. The Morgan fingerprint density at radius 2 is 1.96 bits per heavy atom. The number of carbonyl (C=O) groups is 2. The zero-order valence-corrected chi connectivity index (χ0v) is 14.4. The first-order valence-corrected chi connectivity index (χ1v) is 8.47. The van der Waals surface area contributed by atoms with Gasteiger partial charge in [0.05, 0.1) is 5.02 Å². The molecule has 136 valence electrons. The van der Waals surface area contributed by atoms with Crippen LogP contribution < -0.4 is 15.4 Å². The van der Waals surface area contributed by atoms with Crippen LogP contribution in [0.4, 0.5) is 4.39 Å². The molecule has 3 fully saturated rings. The molecule has 26 heavy (non-hydrogen) atoms. The molecule has 2 aromatic rings. The lowest BCUT2D eigenvalue weighted by atomic mass is 9.44. The Bertz CT molecular complexity index is 851. The van der Waals surface area contributed by atoms with Crippen molar-refractivity contribution in [2.24, 2.45) is 0 Å². The summed E-state index contributed by atoms with van der Waals surface area (Å²) in [4.78, 5) is 24.1. The van der Waals surface area contributed by atoms with E-state index in [0.29, 0.717) is 25.0 Å². The van der Waals surface area contributed by atoms with Gasteiger partial charge in [0.2, 0.25) is 0 Å². The highest BCUT2D eigenvalue weighted by molar-refractivity contribution is 6.30. The van der Waals surface area contributed by atoms with Gasteiger partial charge >= 0.3 is 0 Å². The van der Waals surface area contributed by atoms with E-state index < -0.39 is 5.82 Å². The van der Waals surface area contributed by atoms with Gasteiger partial charge in [0.25, 0.3) is 11.8 Å². The van der Waals surface area contributed by atoms with E-state index in [2.05, 4.69) is 20.8 Å². The zero-order valence-electron chi connectivity index (χ0n) is 13.6. The number of H-pyrrole nitrogens is 1. The number of halogens is 2. The molecule has 2 bridgehead atoms. The van der Waals surface area contributed by atoms with Gasteiger partial charge in [0, 0.05) is 23.3 Å². The lowest BCUT2D eigenvalue weighted by Crippen LogP contribution is -2.84. The predicted octanol–water partition coefficient (Wildman–Crippen LogP) is 1.80. The number of nitrogens with one attached hydrogen (secondary N) is 3. The molecule has 1 aromatic carbocycles. The summed E-state index contributed by atoms with van der Waals surface area (Å²) in [5.41, 5.74) is -0.126. The van der Waals surface area contributed by atoms with E-state index in [1.54, 1.807) is 6.07 Å². The van der Waals surface area contributed by atoms with Crippen molar-refractivity contribution in [2.45, 2.75) is 30.3 Å². The monoisotopic (exact) mass is 378 g/mol. The standard InChI is InChI=1S/C17H16ClFN4O3/c18-11-2-1-10(5-12(11)19)26-6-14(24)21-16-7-17(8-16,9-16)22-15(25)13-3-4-20-23-13/h1-5H,6-9H2,(H,20,23)(H,21,24)(H,22,25). The zero-order chi connectivity index (χ0) is 18.4. The van der Waals surface area contributed by atoms with Gasteiger partial charge in [-0.15, -0.1) is 0 Å². The molecule has 3 aliphatic rings. The fraction of sp³-hybridized carbons (Fsp3) is 0.353. The van der Waals surface area contributed by atoms with Crippen molar-refractivity contribution in [2.75, 3.05) is 6.61 Å². The second-order valence-corrected chi connectivity index (χ2v) is 7.34. The lowest BCUT2D eigenvalue weighted by Gasteiger charge is -2.70. The highest BCUT2D eigenvalue weighted by Crippen LogP contribution is 2.60. The summed E-state index contributed by atoms with van der Waals surface area (Å²) < 4.78 is 18.6. The molecule has 3 aliphatic carbocycles. The molecule has 0 saturated heterocycles. The molecule has 1 heterocycles. The number of rotatable bonds is 6. The summed E-state index contributed by atoms with van der Waals surface area (Å²) in [6, 6.07) is 5.61.